The third-order valence-electron chi connectivity index (χ3n) is 8.41. The average molecular weight is 627 g/mol. The van der Waals surface area contributed by atoms with Gasteiger partial charge in [-0.15, -0.1) is 0 Å². The molecule has 0 aliphatic carbocycles. The first-order chi connectivity index (χ1) is 21.7. The van der Waals surface area contributed by atoms with Crippen LogP contribution in [-0.4, -0.2) is 82.8 Å². The van der Waals surface area contributed by atoms with E-state index in [1.807, 2.05) is 77.4 Å². The molecule has 5 heterocycles. The number of hydrogen-bond donors (Lipinski definition) is 0. The lowest BCUT2D eigenvalue weighted by Gasteiger charge is -2.35. The fourth-order valence-corrected chi connectivity index (χ4v) is 6.16. The van der Waals surface area contributed by atoms with Gasteiger partial charge in [-0.3, -0.25) is 19.1 Å². The first kappa shape index (κ1) is 31.1. The quantitative estimate of drug-likeness (QED) is 0.279. The third-order valence-corrected chi connectivity index (χ3v) is 8.41. The third kappa shape index (κ3) is 5.77. The first-order valence-electron chi connectivity index (χ1n) is 15.5. The summed E-state index contributed by atoms with van der Waals surface area (Å²) in [7, 11) is 3.81. The molecule has 1 aliphatic rings. The molecule has 0 bridgehead atoms. The molecule has 13 nitrogen and oxygen atoms in total. The summed E-state index contributed by atoms with van der Waals surface area (Å²) in [6.45, 7) is 15.6. The summed E-state index contributed by atoms with van der Waals surface area (Å²) in [5.74, 6) is 1.27. The number of amides is 2. The van der Waals surface area contributed by atoms with Gasteiger partial charge >= 0.3 is 6.09 Å². The van der Waals surface area contributed by atoms with Gasteiger partial charge in [0.1, 0.15) is 17.2 Å². The molecule has 0 spiro atoms. The molecule has 1 aliphatic heterocycles. The standard InChI is InChI=1S/C33H42N10O3/c1-20-16-25(38(8)35-20)19-42(32(45)46-33(5,6)7)29-18-28(41-14-12-40(13-15-41)23(4)44)34-31-30(22(3)37-43(29)31)24-10-11-27-26(17-24)21(2)36-39(27)9/h10-11,16-18H,12-15,19H2,1-9H3. The van der Waals surface area contributed by atoms with Crippen molar-refractivity contribution >= 4 is 40.2 Å². The number of hydrogen-bond acceptors (Lipinski definition) is 8. The van der Waals surface area contributed by atoms with E-state index >= 15 is 0 Å². The van der Waals surface area contributed by atoms with Crippen molar-refractivity contribution in [1.29, 1.82) is 0 Å². The summed E-state index contributed by atoms with van der Waals surface area (Å²) in [6.07, 6.45) is -0.506. The highest BCUT2D eigenvalue weighted by atomic mass is 16.6. The molecular weight excluding hydrogens is 584 g/mol. The molecule has 0 saturated carbocycles. The minimum absolute atomic E-state index is 0.0566. The fourth-order valence-electron chi connectivity index (χ4n) is 6.16. The van der Waals surface area contributed by atoms with Gasteiger partial charge in [0.2, 0.25) is 5.91 Å². The maximum absolute atomic E-state index is 14.0. The second-order valence-corrected chi connectivity index (χ2v) is 13.1. The Labute approximate surface area is 268 Å². The van der Waals surface area contributed by atoms with Gasteiger partial charge in [0, 0.05) is 64.2 Å². The number of carbonyl (C=O) groups is 2. The summed E-state index contributed by atoms with van der Waals surface area (Å²) < 4.78 is 11.4. The van der Waals surface area contributed by atoms with Crippen molar-refractivity contribution in [3.8, 4) is 11.1 Å². The molecule has 1 fully saturated rings. The highest BCUT2D eigenvalue weighted by Gasteiger charge is 2.30. The molecule has 5 aromatic rings. The molecule has 0 unspecified atom stereocenters. The van der Waals surface area contributed by atoms with Crippen molar-refractivity contribution in [1.82, 2.24) is 39.1 Å². The minimum atomic E-state index is -0.724. The summed E-state index contributed by atoms with van der Waals surface area (Å²) in [4.78, 5) is 36.9. The molecule has 2 amide bonds. The predicted molar refractivity (Wildman–Crippen MR) is 177 cm³/mol. The van der Waals surface area contributed by atoms with E-state index in [1.165, 1.54) is 0 Å². The van der Waals surface area contributed by atoms with Crippen LogP contribution in [0.5, 0.6) is 0 Å². The number of piperazine rings is 1. The highest BCUT2D eigenvalue weighted by Crippen LogP contribution is 2.35. The van der Waals surface area contributed by atoms with E-state index in [4.69, 9.17) is 14.8 Å². The normalized spacial score (nSPS) is 14.0. The molecule has 0 radical (unpaired) electrons. The lowest BCUT2D eigenvalue weighted by molar-refractivity contribution is -0.129. The molecule has 6 rings (SSSR count). The summed E-state index contributed by atoms with van der Waals surface area (Å²) in [5, 5.41) is 15.2. The van der Waals surface area contributed by atoms with Crippen molar-refractivity contribution in [3.63, 3.8) is 0 Å². The van der Waals surface area contributed by atoms with Crippen LogP contribution in [0.15, 0.2) is 30.3 Å². The Hall–Kier alpha value is -4.94. The van der Waals surface area contributed by atoms with E-state index in [9.17, 15) is 9.59 Å². The van der Waals surface area contributed by atoms with E-state index in [0.717, 1.165) is 44.8 Å². The molecule has 0 atom stereocenters. The van der Waals surface area contributed by atoms with Gasteiger partial charge in [-0.25, -0.2) is 9.78 Å². The zero-order valence-electron chi connectivity index (χ0n) is 28.1. The average Bonchev–Trinajstić information content (AvgIpc) is 3.59. The van der Waals surface area contributed by atoms with Crippen LogP contribution in [0, 0.1) is 20.8 Å². The highest BCUT2D eigenvalue weighted by molar-refractivity contribution is 5.93. The Morgan fingerprint density at radius 3 is 2.26 bits per heavy atom. The Kier molecular flexibility index (Phi) is 7.73. The number of rotatable bonds is 5. The van der Waals surface area contributed by atoms with Crippen LogP contribution in [0.2, 0.25) is 0 Å². The summed E-state index contributed by atoms with van der Waals surface area (Å²) in [5.41, 5.74) is 6.16. The van der Waals surface area contributed by atoms with Gasteiger partial charge in [0.25, 0.3) is 0 Å². The zero-order chi connectivity index (χ0) is 33.1. The predicted octanol–water partition coefficient (Wildman–Crippen LogP) is 4.55. The largest absolute Gasteiger partial charge is 0.443 e. The van der Waals surface area contributed by atoms with Gasteiger partial charge in [0.15, 0.2) is 5.65 Å². The summed E-state index contributed by atoms with van der Waals surface area (Å²) >= 11 is 0. The van der Waals surface area contributed by atoms with Gasteiger partial charge in [-0.05, 0) is 65.3 Å². The number of benzene rings is 1. The maximum Gasteiger partial charge on any atom is 0.416 e. The molecule has 1 aromatic carbocycles. The van der Waals surface area contributed by atoms with E-state index in [0.29, 0.717) is 43.5 Å². The van der Waals surface area contributed by atoms with Crippen molar-refractivity contribution in [2.45, 2.75) is 60.6 Å². The SMILES string of the molecule is CC(=O)N1CCN(c2cc(N(Cc3cc(C)nn3C)C(=O)OC(C)(C)C)n3nc(C)c(-c4ccc5c(c4)c(C)nn5C)c3n2)CC1. The Bertz CT molecular complexity index is 1970. The van der Waals surface area contributed by atoms with Gasteiger partial charge in [-0.1, -0.05) is 6.07 Å². The molecule has 46 heavy (non-hydrogen) atoms. The van der Waals surface area contributed by atoms with Crippen LogP contribution >= 0.6 is 0 Å². The number of nitrogens with zero attached hydrogens (tertiary/aromatic N) is 10. The fraction of sp³-hybridized carbons (Fsp3) is 0.455. The van der Waals surface area contributed by atoms with Crippen molar-refractivity contribution in [2.24, 2.45) is 14.1 Å². The van der Waals surface area contributed by atoms with Crippen LogP contribution in [0.4, 0.5) is 16.4 Å². The molecule has 242 valence electrons. The minimum Gasteiger partial charge on any atom is -0.443 e. The number of aromatic nitrogens is 7. The molecular formula is C33H42N10O3. The van der Waals surface area contributed by atoms with Crippen molar-refractivity contribution in [3.05, 3.63) is 53.1 Å². The van der Waals surface area contributed by atoms with Crippen LogP contribution < -0.4 is 9.80 Å². The number of fused-ring (bicyclic) bond motifs is 2. The van der Waals surface area contributed by atoms with Gasteiger partial charge in [-0.2, -0.15) is 19.8 Å². The van der Waals surface area contributed by atoms with Crippen LogP contribution in [-0.2, 0) is 30.2 Å². The van der Waals surface area contributed by atoms with Gasteiger partial charge < -0.3 is 14.5 Å². The maximum atomic E-state index is 14.0. The lowest BCUT2D eigenvalue weighted by atomic mass is 10.0. The number of ether oxygens (including phenoxy) is 1. The van der Waals surface area contributed by atoms with Gasteiger partial charge in [0.05, 0.1) is 34.8 Å². The molecule has 13 heteroatoms. The molecule has 0 N–H and O–H groups in total. The Balaban J connectivity index is 1.56. The second kappa shape index (κ2) is 11.5. The van der Waals surface area contributed by atoms with Crippen LogP contribution in [0.3, 0.4) is 0 Å². The van der Waals surface area contributed by atoms with Crippen LogP contribution in [0.1, 0.15) is 50.5 Å². The lowest BCUT2D eigenvalue weighted by Crippen LogP contribution is -2.48. The first-order valence-corrected chi connectivity index (χ1v) is 15.5. The number of aryl methyl sites for hydroxylation is 5. The second-order valence-electron chi connectivity index (χ2n) is 13.1. The molecule has 4 aromatic heterocycles. The van der Waals surface area contributed by atoms with E-state index in [2.05, 4.69) is 33.3 Å². The number of anilines is 2. The van der Waals surface area contributed by atoms with Crippen LogP contribution in [0.25, 0.3) is 27.7 Å². The monoisotopic (exact) mass is 626 g/mol. The Morgan fingerprint density at radius 1 is 0.913 bits per heavy atom. The molecule has 1 saturated heterocycles. The Morgan fingerprint density at radius 2 is 1.63 bits per heavy atom. The van der Waals surface area contributed by atoms with E-state index < -0.39 is 11.7 Å². The topological polar surface area (TPSA) is 119 Å². The van der Waals surface area contributed by atoms with E-state index in [1.54, 1.807) is 21.0 Å². The zero-order valence-corrected chi connectivity index (χ0v) is 28.1. The van der Waals surface area contributed by atoms with Crippen molar-refractivity contribution < 1.29 is 14.3 Å². The smallest absolute Gasteiger partial charge is 0.416 e. The van der Waals surface area contributed by atoms with Crippen molar-refractivity contribution in [2.75, 3.05) is 36.0 Å². The van der Waals surface area contributed by atoms with E-state index in [-0.39, 0.29) is 12.5 Å². The number of carbonyl (C=O) groups excluding carboxylic acids is 2. The summed E-state index contributed by atoms with van der Waals surface area (Å²) in [6, 6.07) is 10.1.